The molecule has 0 aliphatic carbocycles. The molecule has 1 aliphatic rings. The highest BCUT2D eigenvalue weighted by Crippen LogP contribution is 2.30. The maximum absolute atomic E-state index is 13.1. The van der Waals surface area contributed by atoms with E-state index in [9.17, 15) is 4.39 Å². The highest BCUT2D eigenvalue weighted by molar-refractivity contribution is 9.10. The zero-order valence-corrected chi connectivity index (χ0v) is 12.5. The van der Waals surface area contributed by atoms with Gasteiger partial charge in [-0.15, -0.1) is 0 Å². The van der Waals surface area contributed by atoms with Gasteiger partial charge in [-0.1, -0.05) is 28.1 Å². The van der Waals surface area contributed by atoms with Gasteiger partial charge in [0.25, 0.3) is 0 Å². The first-order chi connectivity index (χ1) is 9.70. The smallest absolute Gasteiger partial charge is 0.123 e. The van der Waals surface area contributed by atoms with Crippen molar-refractivity contribution >= 4 is 15.9 Å². The second kappa shape index (κ2) is 5.94. The summed E-state index contributed by atoms with van der Waals surface area (Å²) >= 11 is 3.47. The Morgan fingerprint density at radius 3 is 3.00 bits per heavy atom. The molecule has 3 rings (SSSR count). The average Bonchev–Trinajstić information content (AvgIpc) is 2.80. The molecule has 0 saturated heterocycles. The molecule has 1 unspecified atom stereocenters. The van der Waals surface area contributed by atoms with E-state index in [1.54, 1.807) is 12.1 Å². The fraction of sp³-hybridized carbons (Fsp3) is 0.250. The van der Waals surface area contributed by atoms with Crippen molar-refractivity contribution in [1.82, 2.24) is 5.32 Å². The molecule has 2 aromatic rings. The third kappa shape index (κ3) is 3.19. The molecule has 20 heavy (non-hydrogen) atoms. The number of hydrogen-bond donors (Lipinski definition) is 1. The van der Waals surface area contributed by atoms with Gasteiger partial charge in [-0.05, 0) is 41.5 Å². The second-order valence-electron chi connectivity index (χ2n) is 4.96. The van der Waals surface area contributed by atoms with Crippen molar-refractivity contribution in [2.24, 2.45) is 0 Å². The van der Waals surface area contributed by atoms with Gasteiger partial charge in [-0.25, -0.2) is 4.39 Å². The second-order valence-corrected chi connectivity index (χ2v) is 5.87. The van der Waals surface area contributed by atoms with Gasteiger partial charge in [0, 0.05) is 24.0 Å². The van der Waals surface area contributed by atoms with Gasteiger partial charge < -0.3 is 10.1 Å². The third-order valence-corrected chi connectivity index (χ3v) is 3.85. The minimum atomic E-state index is -0.196. The summed E-state index contributed by atoms with van der Waals surface area (Å²) in [6.45, 7) is 1.40. The van der Waals surface area contributed by atoms with Gasteiger partial charge in [-0.3, -0.25) is 0 Å². The van der Waals surface area contributed by atoms with Crippen LogP contribution in [0.15, 0.2) is 46.9 Å². The van der Waals surface area contributed by atoms with Gasteiger partial charge in [-0.2, -0.15) is 0 Å². The maximum Gasteiger partial charge on any atom is 0.123 e. The number of nitrogens with one attached hydrogen (secondary N) is 1. The zero-order chi connectivity index (χ0) is 13.9. The molecule has 0 bridgehead atoms. The predicted octanol–water partition coefficient (Wildman–Crippen LogP) is 3.68. The summed E-state index contributed by atoms with van der Waals surface area (Å²) < 4.78 is 20.0. The molecule has 0 spiro atoms. The largest absolute Gasteiger partial charge is 0.488 e. The van der Waals surface area contributed by atoms with Gasteiger partial charge in [0.2, 0.25) is 0 Å². The number of rotatable bonds is 4. The first-order valence-electron chi connectivity index (χ1n) is 6.61. The molecule has 0 radical (unpaired) electrons. The van der Waals surface area contributed by atoms with Crippen LogP contribution in [0.5, 0.6) is 5.75 Å². The Labute approximate surface area is 126 Å². The Morgan fingerprint density at radius 1 is 1.25 bits per heavy atom. The summed E-state index contributed by atoms with van der Waals surface area (Å²) in [4.78, 5) is 0. The topological polar surface area (TPSA) is 21.3 Å². The molecular formula is C16H15BrFNO. The molecule has 1 aliphatic heterocycles. The lowest BCUT2D eigenvalue weighted by molar-refractivity contribution is 0.227. The lowest BCUT2D eigenvalue weighted by Gasteiger charge is -2.12. The molecule has 0 aromatic heterocycles. The monoisotopic (exact) mass is 335 g/mol. The summed E-state index contributed by atoms with van der Waals surface area (Å²) in [6, 6.07) is 12.7. The SMILES string of the molecule is Fc1cccc(CNCC2Cc3cc(Br)ccc3O2)c1. The van der Waals surface area contributed by atoms with Crippen LogP contribution < -0.4 is 10.1 Å². The van der Waals surface area contributed by atoms with E-state index in [0.29, 0.717) is 6.54 Å². The Morgan fingerprint density at radius 2 is 2.15 bits per heavy atom. The minimum Gasteiger partial charge on any atom is -0.488 e. The number of benzene rings is 2. The summed E-state index contributed by atoms with van der Waals surface area (Å²) in [6.07, 6.45) is 1.05. The zero-order valence-electron chi connectivity index (χ0n) is 10.9. The first kappa shape index (κ1) is 13.6. The third-order valence-electron chi connectivity index (χ3n) is 3.35. The molecule has 0 amide bonds. The van der Waals surface area contributed by atoms with E-state index in [0.717, 1.165) is 28.8 Å². The Bertz CT molecular complexity index is 617. The molecule has 1 N–H and O–H groups in total. The van der Waals surface area contributed by atoms with E-state index in [-0.39, 0.29) is 11.9 Å². The highest BCUT2D eigenvalue weighted by atomic mass is 79.9. The standard InChI is InChI=1S/C16H15BrFNO/c17-13-4-5-16-12(7-13)8-15(20-16)10-19-9-11-2-1-3-14(18)6-11/h1-7,15,19H,8-10H2. The Hall–Kier alpha value is -1.39. The molecule has 4 heteroatoms. The average molecular weight is 336 g/mol. The van der Waals surface area contributed by atoms with E-state index in [4.69, 9.17) is 4.74 Å². The van der Waals surface area contributed by atoms with Crippen LogP contribution in [0.2, 0.25) is 0 Å². The normalized spacial score (nSPS) is 16.8. The summed E-state index contributed by atoms with van der Waals surface area (Å²) in [5.74, 6) is 0.768. The lowest BCUT2D eigenvalue weighted by Crippen LogP contribution is -2.29. The van der Waals surface area contributed by atoms with E-state index >= 15 is 0 Å². The molecule has 1 atom stereocenters. The molecule has 2 aromatic carbocycles. The summed E-state index contributed by atoms with van der Waals surface area (Å²) in [7, 11) is 0. The fourth-order valence-corrected chi connectivity index (χ4v) is 2.84. The van der Waals surface area contributed by atoms with E-state index in [2.05, 4.69) is 27.3 Å². The van der Waals surface area contributed by atoms with Gasteiger partial charge in [0.05, 0.1) is 0 Å². The quantitative estimate of drug-likeness (QED) is 0.920. The van der Waals surface area contributed by atoms with E-state index in [1.807, 2.05) is 18.2 Å². The van der Waals surface area contributed by atoms with Crippen LogP contribution >= 0.6 is 15.9 Å². The van der Waals surface area contributed by atoms with Crippen molar-refractivity contribution in [3.05, 3.63) is 63.9 Å². The Kier molecular flexibility index (Phi) is 4.03. The van der Waals surface area contributed by atoms with Crippen molar-refractivity contribution in [2.75, 3.05) is 6.54 Å². The number of ether oxygens (including phenoxy) is 1. The van der Waals surface area contributed by atoms with Crippen LogP contribution in [0.25, 0.3) is 0 Å². The van der Waals surface area contributed by atoms with Crippen molar-refractivity contribution in [2.45, 2.75) is 19.1 Å². The van der Waals surface area contributed by atoms with Gasteiger partial charge >= 0.3 is 0 Å². The van der Waals surface area contributed by atoms with Crippen molar-refractivity contribution in [1.29, 1.82) is 0 Å². The van der Waals surface area contributed by atoms with Crippen molar-refractivity contribution < 1.29 is 9.13 Å². The van der Waals surface area contributed by atoms with Crippen LogP contribution in [0.3, 0.4) is 0 Å². The van der Waals surface area contributed by atoms with E-state index in [1.165, 1.54) is 11.6 Å². The van der Waals surface area contributed by atoms with Gasteiger partial charge in [0.15, 0.2) is 0 Å². The maximum atomic E-state index is 13.1. The van der Waals surface area contributed by atoms with Crippen molar-refractivity contribution in [3.8, 4) is 5.75 Å². The van der Waals surface area contributed by atoms with Crippen molar-refractivity contribution in [3.63, 3.8) is 0 Å². The minimum absolute atomic E-state index is 0.146. The highest BCUT2D eigenvalue weighted by Gasteiger charge is 2.22. The van der Waals surface area contributed by atoms with Crippen LogP contribution in [0, 0.1) is 5.82 Å². The van der Waals surface area contributed by atoms with Crippen LogP contribution in [0.1, 0.15) is 11.1 Å². The number of fused-ring (bicyclic) bond motifs is 1. The first-order valence-corrected chi connectivity index (χ1v) is 7.40. The molecular weight excluding hydrogens is 321 g/mol. The molecule has 104 valence electrons. The molecule has 0 fully saturated rings. The predicted molar refractivity (Wildman–Crippen MR) is 80.4 cm³/mol. The molecule has 0 saturated carbocycles. The van der Waals surface area contributed by atoms with Gasteiger partial charge in [0.1, 0.15) is 17.7 Å². The summed E-state index contributed by atoms with van der Waals surface area (Å²) in [5.41, 5.74) is 2.18. The molecule has 1 heterocycles. The lowest BCUT2D eigenvalue weighted by atomic mass is 10.1. The Balaban J connectivity index is 1.51. The van der Waals surface area contributed by atoms with E-state index < -0.39 is 0 Å². The van der Waals surface area contributed by atoms with Crippen LogP contribution in [0.4, 0.5) is 4.39 Å². The fourth-order valence-electron chi connectivity index (χ4n) is 2.43. The number of halogens is 2. The summed E-state index contributed by atoms with van der Waals surface area (Å²) in [5, 5.41) is 3.32. The van der Waals surface area contributed by atoms with Crippen LogP contribution in [-0.4, -0.2) is 12.6 Å². The molecule has 2 nitrogen and oxygen atoms in total. The van der Waals surface area contributed by atoms with Crippen LogP contribution in [-0.2, 0) is 13.0 Å². The number of hydrogen-bond acceptors (Lipinski definition) is 2.